The van der Waals surface area contributed by atoms with Crippen molar-refractivity contribution in [3.8, 4) is 0 Å². The number of nitrogens with one attached hydrogen (secondary N) is 1. The molecule has 0 bridgehead atoms. The third-order valence-electron chi connectivity index (χ3n) is 2.06. The summed E-state index contributed by atoms with van der Waals surface area (Å²) in [6.07, 6.45) is 0. The predicted molar refractivity (Wildman–Crippen MR) is 57.5 cm³/mol. The summed E-state index contributed by atoms with van der Waals surface area (Å²) < 4.78 is 4.68. The standard InChI is InChI=1S/C10H12N2O5/c1-6(2)7(13)5-11-10(14)8-3-4-9(17-8)12(15)16/h3-4,6H,5H2,1-2H3,(H,11,14). The van der Waals surface area contributed by atoms with Crippen LogP contribution in [0.25, 0.3) is 0 Å². The van der Waals surface area contributed by atoms with Crippen molar-refractivity contribution in [3.05, 3.63) is 28.0 Å². The van der Waals surface area contributed by atoms with Crippen LogP contribution in [0.2, 0.25) is 0 Å². The van der Waals surface area contributed by atoms with E-state index in [1.807, 2.05) is 0 Å². The van der Waals surface area contributed by atoms with Crippen molar-refractivity contribution in [1.82, 2.24) is 5.32 Å². The number of carbonyl (C=O) groups is 2. The second-order valence-corrected chi connectivity index (χ2v) is 3.70. The van der Waals surface area contributed by atoms with E-state index in [4.69, 9.17) is 0 Å². The fourth-order valence-electron chi connectivity index (χ4n) is 1.01. The van der Waals surface area contributed by atoms with Crippen molar-refractivity contribution in [2.45, 2.75) is 13.8 Å². The van der Waals surface area contributed by atoms with Gasteiger partial charge in [0.2, 0.25) is 0 Å². The van der Waals surface area contributed by atoms with E-state index in [9.17, 15) is 19.7 Å². The van der Waals surface area contributed by atoms with E-state index in [1.54, 1.807) is 13.8 Å². The summed E-state index contributed by atoms with van der Waals surface area (Å²) in [5.74, 6) is -1.65. The first kappa shape index (κ1) is 12.9. The first-order valence-corrected chi connectivity index (χ1v) is 4.97. The van der Waals surface area contributed by atoms with Crippen LogP contribution < -0.4 is 5.32 Å². The van der Waals surface area contributed by atoms with Crippen molar-refractivity contribution in [2.75, 3.05) is 6.54 Å². The van der Waals surface area contributed by atoms with Crippen LogP contribution in [0.1, 0.15) is 24.4 Å². The highest BCUT2D eigenvalue weighted by molar-refractivity contribution is 5.95. The minimum atomic E-state index is -0.740. The molecule has 92 valence electrons. The molecule has 1 aromatic heterocycles. The quantitative estimate of drug-likeness (QED) is 0.614. The van der Waals surface area contributed by atoms with Crippen LogP contribution in [0, 0.1) is 16.0 Å². The number of hydrogen-bond acceptors (Lipinski definition) is 5. The zero-order chi connectivity index (χ0) is 13.0. The Kier molecular flexibility index (Phi) is 3.97. The maximum atomic E-state index is 11.4. The second kappa shape index (κ2) is 5.24. The van der Waals surface area contributed by atoms with Crippen LogP contribution in [-0.2, 0) is 4.79 Å². The Morgan fingerprint density at radius 3 is 2.59 bits per heavy atom. The lowest BCUT2D eigenvalue weighted by molar-refractivity contribution is -0.402. The van der Waals surface area contributed by atoms with Crippen LogP contribution in [0.4, 0.5) is 5.88 Å². The number of Topliss-reactive ketones (excluding diaryl/α,β-unsaturated/α-hetero) is 1. The van der Waals surface area contributed by atoms with E-state index in [-0.39, 0.29) is 24.0 Å². The second-order valence-electron chi connectivity index (χ2n) is 3.70. The summed E-state index contributed by atoms with van der Waals surface area (Å²) in [6, 6.07) is 2.27. The Balaban J connectivity index is 2.58. The predicted octanol–water partition coefficient (Wildman–Crippen LogP) is 1.14. The molecule has 0 aliphatic rings. The molecule has 0 spiro atoms. The molecule has 7 nitrogen and oxygen atoms in total. The number of hydrogen-bond donors (Lipinski definition) is 1. The van der Waals surface area contributed by atoms with Gasteiger partial charge in [-0.3, -0.25) is 19.7 Å². The van der Waals surface area contributed by atoms with Crippen LogP contribution in [-0.4, -0.2) is 23.2 Å². The average Bonchev–Trinajstić information content (AvgIpc) is 2.74. The lowest BCUT2D eigenvalue weighted by Gasteiger charge is -2.04. The van der Waals surface area contributed by atoms with Gasteiger partial charge in [0.25, 0.3) is 5.91 Å². The van der Waals surface area contributed by atoms with Crippen molar-refractivity contribution in [1.29, 1.82) is 0 Å². The minimum Gasteiger partial charge on any atom is -0.395 e. The summed E-state index contributed by atoms with van der Waals surface area (Å²) in [6.45, 7) is 3.31. The van der Waals surface area contributed by atoms with Gasteiger partial charge in [-0.1, -0.05) is 13.8 Å². The summed E-state index contributed by atoms with van der Waals surface area (Å²) in [7, 11) is 0. The molecule has 1 heterocycles. The summed E-state index contributed by atoms with van der Waals surface area (Å²) in [5.41, 5.74) is 0. The lowest BCUT2D eigenvalue weighted by Crippen LogP contribution is -2.31. The Bertz CT molecular complexity index is 449. The van der Waals surface area contributed by atoms with E-state index < -0.39 is 16.7 Å². The maximum Gasteiger partial charge on any atom is 0.433 e. The lowest BCUT2D eigenvalue weighted by atomic mass is 10.1. The van der Waals surface area contributed by atoms with Crippen LogP contribution >= 0.6 is 0 Å². The molecule has 0 fully saturated rings. The molecule has 17 heavy (non-hydrogen) atoms. The third-order valence-corrected chi connectivity index (χ3v) is 2.06. The van der Waals surface area contributed by atoms with Crippen molar-refractivity contribution in [3.63, 3.8) is 0 Å². The van der Waals surface area contributed by atoms with Gasteiger partial charge >= 0.3 is 5.88 Å². The van der Waals surface area contributed by atoms with Crippen LogP contribution in [0.15, 0.2) is 16.5 Å². The summed E-state index contributed by atoms with van der Waals surface area (Å²) in [5, 5.41) is 12.6. The molecule has 0 atom stereocenters. The summed E-state index contributed by atoms with van der Waals surface area (Å²) >= 11 is 0. The molecule has 0 aliphatic heterocycles. The van der Waals surface area contributed by atoms with Crippen molar-refractivity contribution < 1.29 is 18.9 Å². The topological polar surface area (TPSA) is 102 Å². The van der Waals surface area contributed by atoms with Gasteiger partial charge in [-0.15, -0.1) is 0 Å². The van der Waals surface area contributed by atoms with Gasteiger partial charge in [0.1, 0.15) is 4.92 Å². The molecule has 1 rings (SSSR count). The SMILES string of the molecule is CC(C)C(=O)CNC(=O)c1ccc([N+](=O)[O-])o1. The monoisotopic (exact) mass is 240 g/mol. The van der Waals surface area contributed by atoms with Crippen LogP contribution in [0.3, 0.4) is 0 Å². The molecule has 0 aliphatic carbocycles. The Hall–Kier alpha value is -2.18. The molecule has 0 saturated heterocycles. The largest absolute Gasteiger partial charge is 0.433 e. The molecule has 0 aromatic carbocycles. The number of rotatable bonds is 5. The Labute approximate surface area is 96.9 Å². The molecule has 1 aromatic rings. The number of carbonyl (C=O) groups excluding carboxylic acids is 2. The average molecular weight is 240 g/mol. The molecular weight excluding hydrogens is 228 g/mol. The zero-order valence-electron chi connectivity index (χ0n) is 9.43. The first-order chi connectivity index (χ1) is 7.91. The summed E-state index contributed by atoms with van der Waals surface area (Å²) in [4.78, 5) is 32.2. The van der Waals surface area contributed by atoms with Crippen molar-refractivity contribution in [2.24, 2.45) is 5.92 Å². The highest BCUT2D eigenvalue weighted by Crippen LogP contribution is 2.15. The first-order valence-electron chi connectivity index (χ1n) is 4.97. The smallest absolute Gasteiger partial charge is 0.395 e. The molecular formula is C10H12N2O5. The fourth-order valence-corrected chi connectivity index (χ4v) is 1.01. The molecule has 7 heteroatoms. The number of ketones is 1. The van der Waals surface area contributed by atoms with E-state index in [0.717, 1.165) is 6.07 Å². The van der Waals surface area contributed by atoms with Gasteiger partial charge in [0.05, 0.1) is 12.6 Å². The van der Waals surface area contributed by atoms with Gasteiger partial charge < -0.3 is 9.73 Å². The van der Waals surface area contributed by atoms with E-state index in [2.05, 4.69) is 9.73 Å². The third kappa shape index (κ3) is 3.40. The zero-order valence-corrected chi connectivity index (χ0v) is 9.43. The molecule has 1 amide bonds. The molecule has 1 N–H and O–H groups in total. The Morgan fingerprint density at radius 1 is 1.47 bits per heavy atom. The maximum absolute atomic E-state index is 11.4. The Morgan fingerprint density at radius 2 is 2.12 bits per heavy atom. The highest BCUT2D eigenvalue weighted by Gasteiger charge is 2.18. The van der Waals surface area contributed by atoms with Gasteiger partial charge in [-0.2, -0.15) is 0 Å². The minimum absolute atomic E-state index is 0.120. The highest BCUT2D eigenvalue weighted by atomic mass is 16.6. The van der Waals surface area contributed by atoms with E-state index in [1.165, 1.54) is 6.07 Å². The van der Waals surface area contributed by atoms with Crippen molar-refractivity contribution >= 4 is 17.6 Å². The van der Waals surface area contributed by atoms with E-state index in [0.29, 0.717) is 0 Å². The normalized spacial score (nSPS) is 10.3. The van der Waals surface area contributed by atoms with Gasteiger partial charge in [-0.05, 0) is 6.07 Å². The van der Waals surface area contributed by atoms with Gasteiger partial charge in [-0.25, -0.2) is 0 Å². The number of nitrogens with zero attached hydrogens (tertiary/aromatic N) is 1. The number of furan rings is 1. The number of amides is 1. The molecule has 0 radical (unpaired) electrons. The van der Waals surface area contributed by atoms with Crippen LogP contribution in [0.5, 0.6) is 0 Å². The van der Waals surface area contributed by atoms with Gasteiger partial charge in [0.15, 0.2) is 11.5 Å². The van der Waals surface area contributed by atoms with Gasteiger partial charge in [0, 0.05) is 5.92 Å². The fraction of sp³-hybridized carbons (Fsp3) is 0.400. The number of nitro groups is 1. The molecule has 0 saturated carbocycles. The molecule has 0 unspecified atom stereocenters. The van der Waals surface area contributed by atoms with E-state index >= 15 is 0 Å².